The molecular formula is C25H26ClFN6O5. The van der Waals surface area contributed by atoms with E-state index in [0.29, 0.717) is 29.4 Å². The van der Waals surface area contributed by atoms with E-state index in [1.807, 2.05) is 13.1 Å². The van der Waals surface area contributed by atoms with Gasteiger partial charge < -0.3 is 19.7 Å². The quantitative estimate of drug-likeness (QED) is 0.326. The summed E-state index contributed by atoms with van der Waals surface area (Å²) in [6.07, 6.45) is 4.26. The topological polar surface area (TPSA) is 137 Å². The van der Waals surface area contributed by atoms with Crippen LogP contribution in [0.15, 0.2) is 46.2 Å². The van der Waals surface area contributed by atoms with Crippen LogP contribution in [-0.4, -0.2) is 49.2 Å². The van der Waals surface area contributed by atoms with Crippen LogP contribution >= 0.6 is 11.6 Å². The maximum absolute atomic E-state index is 14.4. The van der Waals surface area contributed by atoms with Crippen molar-refractivity contribution in [3.8, 4) is 5.75 Å². The van der Waals surface area contributed by atoms with Crippen LogP contribution in [0.5, 0.6) is 5.75 Å². The molecule has 0 fully saturated rings. The van der Waals surface area contributed by atoms with E-state index in [2.05, 4.69) is 20.6 Å². The van der Waals surface area contributed by atoms with Crippen LogP contribution in [0.3, 0.4) is 0 Å². The molecule has 0 saturated carbocycles. The zero-order valence-corrected chi connectivity index (χ0v) is 21.9. The molecule has 0 saturated heterocycles. The Morgan fingerprint density at radius 3 is 2.79 bits per heavy atom. The number of nitrogens with one attached hydrogen (secondary N) is 1. The molecular weight excluding hydrogens is 519 g/mol. The molecule has 0 radical (unpaired) electrons. The van der Waals surface area contributed by atoms with E-state index in [4.69, 9.17) is 20.9 Å². The van der Waals surface area contributed by atoms with Crippen LogP contribution in [0.2, 0.25) is 5.02 Å². The molecule has 4 aromatic rings. The van der Waals surface area contributed by atoms with E-state index in [0.717, 1.165) is 10.1 Å². The molecule has 0 unspecified atom stereocenters. The summed E-state index contributed by atoms with van der Waals surface area (Å²) >= 11 is 6.55. The molecule has 2 atom stereocenters. The minimum atomic E-state index is -0.833. The van der Waals surface area contributed by atoms with Crippen molar-refractivity contribution in [3.63, 3.8) is 0 Å². The lowest BCUT2D eigenvalue weighted by molar-refractivity contribution is 0.101. The van der Waals surface area contributed by atoms with Crippen LogP contribution in [0.1, 0.15) is 51.9 Å². The summed E-state index contributed by atoms with van der Waals surface area (Å²) in [6, 6.07) is 4.04. The van der Waals surface area contributed by atoms with Gasteiger partial charge in [-0.15, -0.1) is 0 Å². The third-order valence-electron chi connectivity index (χ3n) is 6.25. The molecule has 2 N–H and O–H groups in total. The highest BCUT2D eigenvalue weighted by molar-refractivity contribution is 6.31. The van der Waals surface area contributed by atoms with Crippen molar-refractivity contribution in [3.05, 3.63) is 86.4 Å². The summed E-state index contributed by atoms with van der Waals surface area (Å²) in [5, 5.41) is 21.3. The fraction of sp³-hybridized carbons (Fsp3) is 0.320. The summed E-state index contributed by atoms with van der Waals surface area (Å²) in [6.45, 7) is 4.50. The van der Waals surface area contributed by atoms with Crippen molar-refractivity contribution < 1.29 is 23.6 Å². The largest absolute Gasteiger partial charge is 0.501 e. The Bertz CT molecular complexity index is 1520. The molecule has 4 rings (SSSR count). The van der Waals surface area contributed by atoms with Crippen molar-refractivity contribution in [1.29, 1.82) is 0 Å². The highest BCUT2D eigenvalue weighted by Crippen LogP contribution is 2.42. The first kappa shape index (κ1) is 27.0. The number of nitrogens with zero attached hydrogens (tertiary/aromatic N) is 5. The maximum Gasteiger partial charge on any atom is 0.296 e. The van der Waals surface area contributed by atoms with Crippen LogP contribution in [-0.2, 0) is 18.3 Å². The minimum Gasteiger partial charge on any atom is -0.501 e. The first-order valence-corrected chi connectivity index (χ1v) is 12.0. The van der Waals surface area contributed by atoms with Gasteiger partial charge in [-0.3, -0.25) is 18.8 Å². The second kappa shape index (κ2) is 11.2. The van der Waals surface area contributed by atoms with Crippen LogP contribution in [0, 0.1) is 12.7 Å². The Hall–Kier alpha value is -4.03. The second-order valence-corrected chi connectivity index (χ2v) is 9.16. The Balaban J connectivity index is 1.86. The van der Waals surface area contributed by atoms with Crippen LogP contribution in [0.4, 0.5) is 10.1 Å². The summed E-state index contributed by atoms with van der Waals surface area (Å²) in [7, 11) is 3.02. The van der Waals surface area contributed by atoms with Gasteiger partial charge in [0.05, 0.1) is 25.0 Å². The standard InChI is InChI=1S/C25H26ClFN6O5/c1-13(23-30-21(22(34)25(36)32(23)3)24(35)29-16-10-28-38-12-16)20(17-9-15(27)5-6-19(17)26)18-11-33(7-8-37-4)31-14(18)2/h5-6,9-13,20,34H,7-8H2,1-4H3,(H,29,35)/t13-,20-/m1/s1. The monoisotopic (exact) mass is 544 g/mol. The average Bonchev–Trinajstić information content (AvgIpc) is 3.53. The van der Waals surface area contributed by atoms with Gasteiger partial charge in [0.2, 0.25) is 5.75 Å². The molecule has 13 heteroatoms. The Kier molecular flexibility index (Phi) is 7.93. The predicted octanol–water partition coefficient (Wildman–Crippen LogP) is 3.61. The fourth-order valence-electron chi connectivity index (χ4n) is 4.38. The Morgan fingerprint density at radius 1 is 1.34 bits per heavy atom. The number of ether oxygens (including phenoxy) is 1. The molecule has 0 aliphatic heterocycles. The number of carbonyl (C=O) groups is 1. The predicted molar refractivity (Wildman–Crippen MR) is 136 cm³/mol. The van der Waals surface area contributed by atoms with Crippen LogP contribution in [0.25, 0.3) is 0 Å². The summed E-state index contributed by atoms with van der Waals surface area (Å²) < 4.78 is 27.2. The number of carbonyl (C=O) groups excluding carboxylic acids is 1. The number of hydrogen-bond acceptors (Lipinski definition) is 8. The van der Waals surface area contributed by atoms with E-state index in [1.54, 1.807) is 18.7 Å². The summed E-state index contributed by atoms with van der Waals surface area (Å²) in [5.74, 6) is -3.23. The molecule has 0 spiro atoms. The van der Waals surface area contributed by atoms with Gasteiger partial charge in [-0.2, -0.15) is 5.10 Å². The van der Waals surface area contributed by atoms with Gasteiger partial charge in [-0.05, 0) is 30.7 Å². The molecule has 3 heterocycles. The third kappa shape index (κ3) is 5.31. The van der Waals surface area contributed by atoms with E-state index in [1.165, 1.54) is 37.7 Å². The average molecular weight is 545 g/mol. The fourth-order valence-corrected chi connectivity index (χ4v) is 4.61. The van der Waals surface area contributed by atoms with E-state index in [-0.39, 0.29) is 11.5 Å². The minimum absolute atomic E-state index is 0.164. The number of benzene rings is 1. The third-order valence-corrected chi connectivity index (χ3v) is 6.60. The number of amides is 1. The molecule has 11 nitrogen and oxygen atoms in total. The number of halogens is 2. The Labute approximate surface area is 221 Å². The number of aryl methyl sites for hydroxylation is 1. The molecule has 0 bridgehead atoms. The van der Waals surface area contributed by atoms with Gasteiger partial charge in [0, 0.05) is 42.8 Å². The van der Waals surface area contributed by atoms with Gasteiger partial charge in [-0.1, -0.05) is 23.7 Å². The van der Waals surface area contributed by atoms with Crippen molar-refractivity contribution in [1.82, 2.24) is 24.5 Å². The van der Waals surface area contributed by atoms with Gasteiger partial charge in [0.1, 0.15) is 23.6 Å². The molecule has 1 amide bonds. The number of aromatic nitrogens is 5. The number of hydrogen-bond donors (Lipinski definition) is 2. The van der Waals surface area contributed by atoms with Crippen molar-refractivity contribution in [2.75, 3.05) is 19.0 Å². The summed E-state index contributed by atoms with van der Waals surface area (Å²) in [4.78, 5) is 30.3. The first-order chi connectivity index (χ1) is 18.1. The zero-order valence-electron chi connectivity index (χ0n) is 21.1. The lowest BCUT2D eigenvalue weighted by Crippen LogP contribution is -2.29. The lowest BCUT2D eigenvalue weighted by Gasteiger charge is -2.26. The van der Waals surface area contributed by atoms with Gasteiger partial charge in [-0.25, -0.2) is 9.37 Å². The number of rotatable bonds is 9. The first-order valence-electron chi connectivity index (χ1n) is 11.6. The smallest absolute Gasteiger partial charge is 0.296 e. The molecule has 0 aliphatic rings. The molecule has 38 heavy (non-hydrogen) atoms. The van der Waals surface area contributed by atoms with Gasteiger partial charge in [0.25, 0.3) is 11.5 Å². The van der Waals surface area contributed by atoms with Gasteiger partial charge >= 0.3 is 0 Å². The molecule has 0 aliphatic carbocycles. The number of methoxy groups -OCH3 is 1. The van der Waals surface area contributed by atoms with Crippen molar-refractivity contribution in [2.45, 2.75) is 32.2 Å². The van der Waals surface area contributed by atoms with E-state index < -0.39 is 40.6 Å². The van der Waals surface area contributed by atoms with E-state index in [9.17, 15) is 19.1 Å². The SMILES string of the molecule is COCCn1cc([C@@H](c2cc(F)ccc2Cl)[C@@H](C)c2nc(C(=O)Nc3cnoc3)c(O)c(=O)n2C)c(C)n1. The molecule has 3 aromatic heterocycles. The maximum atomic E-state index is 14.4. The van der Waals surface area contributed by atoms with Crippen molar-refractivity contribution in [2.24, 2.45) is 7.05 Å². The number of anilines is 1. The van der Waals surface area contributed by atoms with Crippen molar-refractivity contribution >= 4 is 23.2 Å². The zero-order chi connectivity index (χ0) is 27.6. The molecule has 1 aromatic carbocycles. The highest BCUT2D eigenvalue weighted by Gasteiger charge is 2.32. The van der Waals surface area contributed by atoms with Crippen LogP contribution < -0.4 is 10.9 Å². The highest BCUT2D eigenvalue weighted by atomic mass is 35.5. The van der Waals surface area contributed by atoms with Gasteiger partial charge in [0.15, 0.2) is 5.69 Å². The second-order valence-electron chi connectivity index (χ2n) is 8.76. The normalized spacial score (nSPS) is 12.9. The summed E-state index contributed by atoms with van der Waals surface area (Å²) in [5.41, 5.74) is 0.745. The Morgan fingerprint density at radius 2 is 2.11 bits per heavy atom. The molecule has 200 valence electrons. The number of aromatic hydroxyl groups is 1. The lowest BCUT2D eigenvalue weighted by atomic mass is 9.81. The van der Waals surface area contributed by atoms with E-state index >= 15 is 0 Å².